The maximum absolute atomic E-state index is 13.5. The van der Waals surface area contributed by atoms with Crippen molar-refractivity contribution in [2.24, 2.45) is 5.73 Å². The number of aromatic nitrogens is 1. The molecule has 0 aliphatic carbocycles. The molecule has 0 aliphatic rings. The van der Waals surface area contributed by atoms with Crippen molar-refractivity contribution in [3.05, 3.63) is 28.8 Å². The Balaban J connectivity index is 3.03. The van der Waals surface area contributed by atoms with Crippen LogP contribution >= 0.6 is 0 Å². The van der Waals surface area contributed by atoms with Crippen LogP contribution in [0.4, 0.5) is 13.2 Å². The predicted octanol–water partition coefficient (Wildman–Crippen LogP) is 1.72. The van der Waals surface area contributed by atoms with E-state index in [0.29, 0.717) is 0 Å². The summed E-state index contributed by atoms with van der Waals surface area (Å²) in [5, 5.41) is 0. The summed E-state index contributed by atoms with van der Waals surface area (Å²) in [7, 11) is 0. The molecule has 0 bridgehead atoms. The molecular formula is C11H13F3N2O2. The molecule has 0 atom stereocenters. The van der Waals surface area contributed by atoms with Gasteiger partial charge in [0.2, 0.25) is 0 Å². The quantitative estimate of drug-likeness (QED) is 0.820. The standard InChI is InChI=1S/C11H13F3N2O2/c1-2-18-9(17)4-6-3-7(12)10(11(13)14)8(5-15)16-6/h3,11H,2,4-5,15H2,1H3. The minimum atomic E-state index is -2.99. The maximum Gasteiger partial charge on any atom is 0.311 e. The van der Waals surface area contributed by atoms with E-state index in [9.17, 15) is 18.0 Å². The number of rotatable bonds is 5. The van der Waals surface area contributed by atoms with Gasteiger partial charge < -0.3 is 10.5 Å². The van der Waals surface area contributed by atoms with Gasteiger partial charge in [-0.05, 0) is 13.0 Å². The van der Waals surface area contributed by atoms with Crippen molar-refractivity contribution in [1.82, 2.24) is 4.98 Å². The smallest absolute Gasteiger partial charge is 0.311 e. The second-order valence-corrected chi connectivity index (χ2v) is 3.44. The van der Waals surface area contributed by atoms with Crippen LogP contribution in [0.1, 0.15) is 30.3 Å². The van der Waals surface area contributed by atoms with Crippen LogP contribution in [-0.4, -0.2) is 17.6 Å². The Bertz CT molecular complexity index is 439. The maximum atomic E-state index is 13.5. The van der Waals surface area contributed by atoms with E-state index in [0.717, 1.165) is 6.07 Å². The van der Waals surface area contributed by atoms with E-state index in [4.69, 9.17) is 5.73 Å². The highest BCUT2D eigenvalue weighted by molar-refractivity contribution is 5.72. The molecule has 0 unspecified atom stereocenters. The number of carbonyl (C=O) groups is 1. The molecule has 1 heterocycles. The average Bonchev–Trinajstić information content (AvgIpc) is 2.27. The van der Waals surface area contributed by atoms with Gasteiger partial charge in [-0.15, -0.1) is 0 Å². The zero-order valence-corrected chi connectivity index (χ0v) is 9.75. The number of hydrogen-bond acceptors (Lipinski definition) is 4. The van der Waals surface area contributed by atoms with Crippen LogP contribution in [0.2, 0.25) is 0 Å². The minimum Gasteiger partial charge on any atom is -0.466 e. The monoisotopic (exact) mass is 262 g/mol. The zero-order chi connectivity index (χ0) is 13.7. The van der Waals surface area contributed by atoms with Crippen molar-refractivity contribution >= 4 is 5.97 Å². The van der Waals surface area contributed by atoms with Gasteiger partial charge in [-0.3, -0.25) is 9.78 Å². The van der Waals surface area contributed by atoms with Gasteiger partial charge in [0.1, 0.15) is 5.82 Å². The molecule has 0 amide bonds. The Morgan fingerprint density at radius 1 is 1.56 bits per heavy atom. The molecule has 1 rings (SSSR count). The van der Waals surface area contributed by atoms with Crippen LogP contribution in [0.3, 0.4) is 0 Å². The second kappa shape index (κ2) is 6.34. The van der Waals surface area contributed by atoms with Crippen molar-refractivity contribution in [2.75, 3.05) is 6.61 Å². The number of nitrogens with zero attached hydrogens (tertiary/aromatic N) is 1. The van der Waals surface area contributed by atoms with Gasteiger partial charge in [-0.1, -0.05) is 0 Å². The largest absolute Gasteiger partial charge is 0.466 e. The number of ether oxygens (including phenoxy) is 1. The highest BCUT2D eigenvalue weighted by Crippen LogP contribution is 2.25. The van der Waals surface area contributed by atoms with Gasteiger partial charge in [0, 0.05) is 6.54 Å². The van der Waals surface area contributed by atoms with E-state index in [1.807, 2.05) is 0 Å². The SMILES string of the molecule is CCOC(=O)Cc1cc(F)c(C(F)F)c(CN)n1. The third-order valence-corrected chi connectivity index (χ3v) is 2.18. The number of carbonyl (C=O) groups excluding carboxylic acids is 1. The molecule has 1 aromatic rings. The number of esters is 1. The van der Waals surface area contributed by atoms with Gasteiger partial charge in [0.15, 0.2) is 0 Å². The first-order chi connectivity index (χ1) is 8.49. The zero-order valence-electron chi connectivity index (χ0n) is 9.75. The number of hydrogen-bond donors (Lipinski definition) is 1. The van der Waals surface area contributed by atoms with Crippen molar-refractivity contribution < 1.29 is 22.7 Å². The fourth-order valence-corrected chi connectivity index (χ4v) is 1.46. The van der Waals surface area contributed by atoms with Crippen LogP contribution in [0.5, 0.6) is 0 Å². The lowest BCUT2D eigenvalue weighted by Crippen LogP contribution is -2.14. The fraction of sp³-hybridized carbons (Fsp3) is 0.455. The summed E-state index contributed by atoms with van der Waals surface area (Å²) in [5.74, 6) is -1.71. The molecule has 1 aromatic heterocycles. The summed E-state index contributed by atoms with van der Waals surface area (Å²) in [4.78, 5) is 14.9. The van der Waals surface area contributed by atoms with E-state index in [1.165, 1.54) is 0 Å². The number of halogens is 3. The van der Waals surface area contributed by atoms with E-state index < -0.39 is 23.8 Å². The first-order valence-electron chi connectivity index (χ1n) is 5.31. The summed E-state index contributed by atoms with van der Waals surface area (Å²) < 4.78 is 43.2. The van der Waals surface area contributed by atoms with Crippen LogP contribution in [-0.2, 0) is 22.5 Å². The molecule has 0 aliphatic heterocycles. The summed E-state index contributed by atoms with van der Waals surface area (Å²) in [6.45, 7) is 1.48. The van der Waals surface area contributed by atoms with E-state index >= 15 is 0 Å². The fourth-order valence-electron chi connectivity index (χ4n) is 1.46. The third kappa shape index (κ3) is 3.43. The highest BCUT2D eigenvalue weighted by Gasteiger charge is 2.21. The van der Waals surface area contributed by atoms with Crippen LogP contribution in [0.25, 0.3) is 0 Å². The topological polar surface area (TPSA) is 65.2 Å². The lowest BCUT2D eigenvalue weighted by Gasteiger charge is -2.10. The summed E-state index contributed by atoms with van der Waals surface area (Å²) in [6.07, 6.45) is -3.27. The van der Waals surface area contributed by atoms with Gasteiger partial charge >= 0.3 is 5.97 Å². The molecule has 0 saturated carbocycles. The van der Waals surface area contributed by atoms with Crippen LogP contribution < -0.4 is 5.73 Å². The molecule has 18 heavy (non-hydrogen) atoms. The molecule has 0 aromatic carbocycles. The van der Waals surface area contributed by atoms with Gasteiger partial charge in [-0.25, -0.2) is 13.2 Å². The predicted molar refractivity (Wildman–Crippen MR) is 57.4 cm³/mol. The second-order valence-electron chi connectivity index (χ2n) is 3.44. The molecule has 2 N–H and O–H groups in total. The third-order valence-electron chi connectivity index (χ3n) is 2.18. The lowest BCUT2D eigenvalue weighted by molar-refractivity contribution is -0.142. The molecule has 4 nitrogen and oxygen atoms in total. The van der Waals surface area contributed by atoms with Crippen LogP contribution in [0, 0.1) is 5.82 Å². The van der Waals surface area contributed by atoms with Crippen molar-refractivity contribution in [2.45, 2.75) is 26.3 Å². The minimum absolute atomic E-state index is 0.0239. The normalized spacial score (nSPS) is 10.8. The van der Waals surface area contributed by atoms with Crippen LogP contribution in [0.15, 0.2) is 6.07 Å². The molecule has 0 saturated heterocycles. The number of pyridine rings is 1. The summed E-state index contributed by atoms with van der Waals surface area (Å²) in [6, 6.07) is 0.803. The van der Waals surface area contributed by atoms with E-state index in [1.54, 1.807) is 6.92 Å². The van der Waals surface area contributed by atoms with E-state index in [-0.39, 0.29) is 31.0 Å². The van der Waals surface area contributed by atoms with Crippen molar-refractivity contribution in [3.63, 3.8) is 0 Å². The number of alkyl halides is 2. The Kier molecular flexibility index (Phi) is 5.08. The molecule has 0 radical (unpaired) electrons. The Morgan fingerprint density at radius 2 is 2.22 bits per heavy atom. The molecular weight excluding hydrogens is 249 g/mol. The van der Waals surface area contributed by atoms with Crippen molar-refractivity contribution in [1.29, 1.82) is 0 Å². The van der Waals surface area contributed by atoms with Gasteiger partial charge in [0.05, 0.1) is 30.0 Å². The molecule has 0 fully saturated rings. The molecule has 100 valence electrons. The number of nitrogens with two attached hydrogens (primary N) is 1. The van der Waals surface area contributed by atoms with Gasteiger partial charge in [-0.2, -0.15) is 0 Å². The molecule has 7 heteroatoms. The van der Waals surface area contributed by atoms with Crippen molar-refractivity contribution in [3.8, 4) is 0 Å². The Morgan fingerprint density at radius 3 is 2.72 bits per heavy atom. The Labute approximate surface area is 102 Å². The average molecular weight is 262 g/mol. The Hall–Kier alpha value is -1.63. The summed E-state index contributed by atoms with van der Waals surface area (Å²) in [5.41, 5.74) is 4.20. The summed E-state index contributed by atoms with van der Waals surface area (Å²) >= 11 is 0. The highest BCUT2D eigenvalue weighted by atomic mass is 19.3. The van der Waals surface area contributed by atoms with Gasteiger partial charge in [0.25, 0.3) is 6.43 Å². The lowest BCUT2D eigenvalue weighted by atomic mass is 10.1. The molecule has 0 spiro atoms. The van der Waals surface area contributed by atoms with E-state index in [2.05, 4.69) is 9.72 Å². The first kappa shape index (κ1) is 14.4. The first-order valence-corrected chi connectivity index (χ1v) is 5.31.